The largest absolute Gasteiger partial charge is 0.448 e. The first-order valence-electron chi connectivity index (χ1n) is 5.25. The Labute approximate surface area is 107 Å². The van der Waals surface area contributed by atoms with Gasteiger partial charge in [0.15, 0.2) is 11.6 Å². The molecule has 18 heavy (non-hydrogen) atoms. The fourth-order valence-electron chi connectivity index (χ4n) is 1.53. The number of halogens is 1. The summed E-state index contributed by atoms with van der Waals surface area (Å²) in [6.07, 6.45) is 1.47. The van der Waals surface area contributed by atoms with Gasteiger partial charge in [0.25, 0.3) is 5.89 Å². The van der Waals surface area contributed by atoms with Gasteiger partial charge in [-0.05, 0) is 12.1 Å². The van der Waals surface area contributed by atoms with E-state index in [2.05, 4.69) is 15.2 Å². The van der Waals surface area contributed by atoms with Crippen LogP contribution >= 0.6 is 11.6 Å². The summed E-state index contributed by atoms with van der Waals surface area (Å²) in [6.45, 7) is 1.74. The number of hydrogen-bond acceptors (Lipinski definition) is 5. The molecule has 1 aromatic carbocycles. The Balaban J connectivity index is 2.02. The second-order valence-electron chi connectivity index (χ2n) is 3.64. The van der Waals surface area contributed by atoms with E-state index in [1.54, 1.807) is 13.0 Å². The highest BCUT2D eigenvalue weighted by Crippen LogP contribution is 2.28. The van der Waals surface area contributed by atoms with Gasteiger partial charge in [-0.25, -0.2) is 4.98 Å². The van der Waals surface area contributed by atoms with Gasteiger partial charge in [0.05, 0.1) is 10.6 Å². The minimum absolute atomic E-state index is 0.307. The second kappa shape index (κ2) is 4.27. The summed E-state index contributed by atoms with van der Waals surface area (Å²) >= 11 is 6.06. The Morgan fingerprint density at radius 3 is 2.61 bits per heavy atom. The zero-order valence-electron chi connectivity index (χ0n) is 9.42. The van der Waals surface area contributed by atoms with Gasteiger partial charge >= 0.3 is 0 Å². The van der Waals surface area contributed by atoms with Crippen LogP contribution in [0, 0.1) is 6.92 Å². The van der Waals surface area contributed by atoms with Crippen molar-refractivity contribution >= 4 is 11.6 Å². The zero-order valence-corrected chi connectivity index (χ0v) is 10.2. The molecule has 0 fully saturated rings. The normalized spacial score (nSPS) is 10.8. The fraction of sp³-hybridized carbons (Fsp3) is 0.0833. The highest BCUT2D eigenvalue weighted by Gasteiger charge is 2.14. The van der Waals surface area contributed by atoms with Crippen molar-refractivity contribution in [3.8, 4) is 23.0 Å². The van der Waals surface area contributed by atoms with E-state index in [0.29, 0.717) is 34.0 Å². The first-order chi connectivity index (χ1) is 8.74. The summed E-state index contributed by atoms with van der Waals surface area (Å²) in [5.74, 6) is 1.21. The van der Waals surface area contributed by atoms with Crippen molar-refractivity contribution in [2.24, 2.45) is 0 Å². The van der Waals surface area contributed by atoms with Gasteiger partial charge in [-0.1, -0.05) is 23.7 Å². The van der Waals surface area contributed by atoms with E-state index >= 15 is 0 Å². The van der Waals surface area contributed by atoms with E-state index in [9.17, 15) is 0 Å². The van der Waals surface area contributed by atoms with Crippen LogP contribution in [0.5, 0.6) is 0 Å². The predicted octanol–water partition coefficient (Wildman–Crippen LogP) is 3.35. The van der Waals surface area contributed by atoms with Crippen LogP contribution in [0.3, 0.4) is 0 Å². The lowest BCUT2D eigenvalue weighted by molar-refractivity contribution is 0.521. The molecule has 2 heterocycles. The maximum Gasteiger partial charge on any atom is 0.269 e. The van der Waals surface area contributed by atoms with Crippen LogP contribution < -0.4 is 0 Å². The van der Waals surface area contributed by atoms with Gasteiger partial charge in [-0.3, -0.25) is 0 Å². The molecule has 90 valence electrons. The number of benzene rings is 1. The molecule has 5 nitrogen and oxygen atoms in total. The minimum atomic E-state index is 0.307. The summed E-state index contributed by atoms with van der Waals surface area (Å²) < 4.78 is 10.6. The van der Waals surface area contributed by atoms with Crippen LogP contribution in [0.1, 0.15) is 5.89 Å². The van der Waals surface area contributed by atoms with E-state index < -0.39 is 0 Å². The van der Waals surface area contributed by atoms with E-state index in [4.69, 9.17) is 20.4 Å². The number of rotatable bonds is 2. The second-order valence-corrected chi connectivity index (χ2v) is 4.05. The smallest absolute Gasteiger partial charge is 0.269 e. The average molecular weight is 262 g/mol. The van der Waals surface area contributed by atoms with Gasteiger partial charge in [-0.15, -0.1) is 10.2 Å². The first kappa shape index (κ1) is 11.0. The van der Waals surface area contributed by atoms with Crippen LogP contribution in [0.4, 0.5) is 0 Å². The Morgan fingerprint density at radius 1 is 1.11 bits per heavy atom. The molecule has 0 aliphatic heterocycles. The summed E-state index contributed by atoms with van der Waals surface area (Å²) in [5.41, 5.74) is 1.21. The number of aryl methyl sites for hydroxylation is 1. The fourth-order valence-corrected chi connectivity index (χ4v) is 1.75. The lowest BCUT2D eigenvalue weighted by atomic mass is 10.2. The molecule has 0 unspecified atom stereocenters. The van der Waals surface area contributed by atoms with E-state index in [0.717, 1.165) is 0 Å². The molecule has 0 aliphatic carbocycles. The summed E-state index contributed by atoms with van der Waals surface area (Å²) in [5, 5.41) is 8.43. The van der Waals surface area contributed by atoms with Crippen LogP contribution in [0.25, 0.3) is 23.0 Å². The first-order valence-corrected chi connectivity index (χ1v) is 5.63. The minimum Gasteiger partial charge on any atom is -0.448 e. The Bertz CT molecular complexity index is 690. The third-order valence-electron chi connectivity index (χ3n) is 2.37. The average Bonchev–Trinajstić information content (AvgIpc) is 2.98. The van der Waals surface area contributed by atoms with E-state index in [-0.39, 0.29) is 0 Å². The molecule has 0 aliphatic rings. The van der Waals surface area contributed by atoms with E-state index in [1.807, 2.05) is 18.2 Å². The summed E-state index contributed by atoms with van der Waals surface area (Å²) in [4.78, 5) is 4.11. The highest BCUT2D eigenvalue weighted by molar-refractivity contribution is 6.33. The Kier molecular flexibility index (Phi) is 2.60. The van der Waals surface area contributed by atoms with Crippen molar-refractivity contribution in [3.63, 3.8) is 0 Å². The van der Waals surface area contributed by atoms with Crippen LogP contribution in [-0.4, -0.2) is 15.2 Å². The van der Waals surface area contributed by atoms with Gasteiger partial charge < -0.3 is 8.83 Å². The lowest BCUT2D eigenvalue weighted by Crippen LogP contribution is -1.78. The van der Waals surface area contributed by atoms with Gasteiger partial charge in [0, 0.05) is 6.92 Å². The van der Waals surface area contributed by atoms with Crippen molar-refractivity contribution in [1.29, 1.82) is 0 Å². The van der Waals surface area contributed by atoms with Crippen LogP contribution in [0.2, 0.25) is 5.02 Å². The molecule has 0 amide bonds. The van der Waals surface area contributed by atoms with Crippen molar-refractivity contribution in [1.82, 2.24) is 15.2 Å². The molecule has 0 spiro atoms. The highest BCUT2D eigenvalue weighted by atomic mass is 35.5. The quantitative estimate of drug-likeness (QED) is 0.708. The molecule has 6 heteroatoms. The molecule has 3 rings (SSSR count). The standard InChI is InChI=1S/C12H8ClN3O2/c1-7-14-10(6-17-7)12-16-15-11(18-12)8-4-2-3-5-9(8)13/h2-6H,1H3. The van der Waals surface area contributed by atoms with Crippen LogP contribution in [-0.2, 0) is 0 Å². The molecular formula is C12H8ClN3O2. The molecule has 0 bridgehead atoms. The molecule has 0 radical (unpaired) electrons. The Morgan fingerprint density at radius 2 is 1.89 bits per heavy atom. The van der Waals surface area contributed by atoms with Crippen molar-refractivity contribution < 1.29 is 8.83 Å². The van der Waals surface area contributed by atoms with Crippen molar-refractivity contribution in [2.75, 3.05) is 0 Å². The third kappa shape index (κ3) is 1.89. The molecule has 0 saturated carbocycles. The van der Waals surface area contributed by atoms with Crippen molar-refractivity contribution in [3.05, 3.63) is 41.4 Å². The molecule has 3 aromatic rings. The summed E-state index contributed by atoms with van der Waals surface area (Å²) in [6, 6.07) is 7.27. The SMILES string of the molecule is Cc1nc(-c2nnc(-c3ccccc3Cl)o2)co1. The zero-order chi connectivity index (χ0) is 12.5. The molecule has 0 N–H and O–H groups in total. The van der Waals surface area contributed by atoms with Gasteiger partial charge in [0.2, 0.25) is 5.89 Å². The monoisotopic (exact) mass is 261 g/mol. The number of hydrogen-bond donors (Lipinski definition) is 0. The lowest BCUT2D eigenvalue weighted by Gasteiger charge is -1.96. The predicted molar refractivity (Wildman–Crippen MR) is 65.0 cm³/mol. The summed E-state index contributed by atoms with van der Waals surface area (Å²) in [7, 11) is 0. The van der Waals surface area contributed by atoms with Gasteiger partial charge in [-0.2, -0.15) is 0 Å². The molecular weight excluding hydrogens is 254 g/mol. The van der Waals surface area contributed by atoms with Gasteiger partial charge in [0.1, 0.15) is 6.26 Å². The third-order valence-corrected chi connectivity index (χ3v) is 2.70. The van der Waals surface area contributed by atoms with Crippen LogP contribution in [0.15, 0.2) is 39.4 Å². The molecule has 2 aromatic heterocycles. The number of nitrogens with zero attached hydrogens (tertiary/aromatic N) is 3. The van der Waals surface area contributed by atoms with Crippen molar-refractivity contribution in [2.45, 2.75) is 6.92 Å². The number of oxazole rings is 1. The maximum absolute atomic E-state index is 6.06. The molecule has 0 saturated heterocycles. The Hall–Kier alpha value is -2.14. The maximum atomic E-state index is 6.06. The molecule has 0 atom stereocenters. The topological polar surface area (TPSA) is 65.0 Å². The number of aromatic nitrogens is 3. The van der Waals surface area contributed by atoms with E-state index in [1.165, 1.54) is 6.26 Å².